The summed E-state index contributed by atoms with van der Waals surface area (Å²) in [6.45, 7) is 1.93. The van der Waals surface area contributed by atoms with Crippen LogP contribution in [0.4, 0.5) is 0 Å². The maximum atomic E-state index is 13.3. The van der Waals surface area contributed by atoms with Crippen LogP contribution in [0, 0.1) is 0 Å². The molecule has 0 saturated heterocycles. The summed E-state index contributed by atoms with van der Waals surface area (Å²) in [6.07, 6.45) is 2.86. The van der Waals surface area contributed by atoms with E-state index >= 15 is 0 Å². The maximum absolute atomic E-state index is 13.3. The highest BCUT2D eigenvalue weighted by atomic mass is 16.5. The minimum absolute atomic E-state index is 0.142. The third-order valence-corrected chi connectivity index (χ3v) is 6.37. The van der Waals surface area contributed by atoms with Gasteiger partial charge in [-0.2, -0.15) is 0 Å². The van der Waals surface area contributed by atoms with Crippen LogP contribution in [0.15, 0.2) is 72.8 Å². The summed E-state index contributed by atoms with van der Waals surface area (Å²) in [5, 5.41) is 0. The van der Waals surface area contributed by atoms with Crippen molar-refractivity contribution in [3.8, 4) is 11.5 Å². The van der Waals surface area contributed by atoms with Gasteiger partial charge >= 0.3 is 0 Å². The minimum Gasteiger partial charge on any atom is -0.493 e. The molecule has 0 aromatic heterocycles. The lowest BCUT2D eigenvalue weighted by molar-refractivity contribution is -0.133. The van der Waals surface area contributed by atoms with Crippen LogP contribution in [0.3, 0.4) is 0 Å². The Morgan fingerprint density at radius 1 is 0.912 bits per heavy atom. The lowest BCUT2D eigenvalue weighted by Gasteiger charge is -2.38. The average molecular weight is 460 g/mol. The largest absolute Gasteiger partial charge is 0.493 e. The summed E-state index contributed by atoms with van der Waals surface area (Å²) in [4.78, 5) is 15.3. The van der Waals surface area contributed by atoms with E-state index in [2.05, 4.69) is 24.3 Å². The zero-order valence-corrected chi connectivity index (χ0v) is 20.0. The van der Waals surface area contributed by atoms with Crippen molar-refractivity contribution in [3.05, 3.63) is 95.1 Å². The van der Waals surface area contributed by atoms with Crippen LogP contribution < -0.4 is 9.47 Å². The molecule has 0 saturated carbocycles. The summed E-state index contributed by atoms with van der Waals surface area (Å²) in [5.41, 5.74) is 4.66. The van der Waals surface area contributed by atoms with E-state index < -0.39 is 0 Å². The van der Waals surface area contributed by atoms with Crippen molar-refractivity contribution in [2.24, 2.45) is 0 Å². The Kier molecular flexibility index (Phi) is 8.21. The van der Waals surface area contributed by atoms with Crippen molar-refractivity contribution in [1.29, 1.82) is 0 Å². The Balaban J connectivity index is 1.42. The first-order valence-corrected chi connectivity index (χ1v) is 11.9. The summed E-state index contributed by atoms with van der Waals surface area (Å²) in [5.74, 6) is 1.56. The van der Waals surface area contributed by atoms with Crippen LogP contribution in [-0.4, -0.2) is 44.8 Å². The van der Waals surface area contributed by atoms with Gasteiger partial charge in [-0.25, -0.2) is 0 Å². The van der Waals surface area contributed by atoms with Crippen molar-refractivity contribution in [2.75, 3.05) is 34.0 Å². The first-order valence-electron chi connectivity index (χ1n) is 11.9. The van der Waals surface area contributed by atoms with Gasteiger partial charge in [-0.3, -0.25) is 4.79 Å². The molecule has 1 heterocycles. The van der Waals surface area contributed by atoms with Gasteiger partial charge in [0.2, 0.25) is 5.91 Å². The predicted molar refractivity (Wildman–Crippen MR) is 133 cm³/mol. The van der Waals surface area contributed by atoms with E-state index in [1.807, 2.05) is 53.4 Å². The molecule has 1 aliphatic rings. The number of benzene rings is 3. The zero-order chi connectivity index (χ0) is 23.8. The lowest BCUT2D eigenvalue weighted by atomic mass is 9.87. The van der Waals surface area contributed by atoms with Crippen LogP contribution in [-0.2, 0) is 22.4 Å². The number of rotatable bonds is 10. The number of nitrogens with zero attached hydrogens (tertiary/aromatic N) is 1. The number of carbonyl (C=O) groups excluding carboxylic acids is 1. The topological polar surface area (TPSA) is 48.0 Å². The molecule has 5 heteroatoms. The van der Waals surface area contributed by atoms with Crippen molar-refractivity contribution in [1.82, 2.24) is 4.90 Å². The fourth-order valence-electron chi connectivity index (χ4n) is 4.62. The van der Waals surface area contributed by atoms with Gasteiger partial charge in [0.05, 0.1) is 26.9 Å². The van der Waals surface area contributed by atoms with Gasteiger partial charge in [0.1, 0.15) is 0 Å². The van der Waals surface area contributed by atoms with Gasteiger partial charge in [-0.05, 0) is 53.6 Å². The molecule has 0 bridgehead atoms. The summed E-state index contributed by atoms with van der Waals surface area (Å²) in [6, 6.07) is 24.5. The highest BCUT2D eigenvalue weighted by Gasteiger charge is 2.32. The molecule has 3 aromatic carbocycles. The van der Waals surface area contributed by atoms with E-state index in [0.717, 1.165) is 29.7 Å². The van der Waals surface area contributed by atoms with Crippen molar-refractivity contribution < 1.29 is 19.0 Å². The molecular formula is C29H33NO4. The second-order valence-electron chi connectivity index (χ2n) is 8.51. The third-order valence-electron chi connectivity index (χ3n) is 6.37. The molecule has 5 nitrogen and oxygen atoms in total. The SMILES string of the molecule is COc1cc2c(cc1OC)C(c1ccccc1)N(C(=O)CCCOCCc1ccccc1)CC2. The molecule has 34 heavy (non-hydrogen) atoms. The van der Waals surface area contributed by atoms with Gasteiger partial charge < -0.3 is 19.1 Å². The second kappa shape index (κ2) is 11.7. The van der Waals surface area contributed by atoms with Crippen LogP contribution in [0.5, 0.6) is 11.5 Å². The standard InChI is InChI=1S/C29H33NO4/c1-32-26-20-24-15-17-30(28(31)14-9-18-34-19-16-22-10-5-3-6-11-22)29(23-12-7-4-8-13-23)25(24)21-27(26)33-2/h3-8,10-13,20-21,29H,9,14-19H2,1-2H3. The van der Waals surface area contributed by atoms with Crippen molar-refractivity contribution in [2.45, 2.75) is 31.7 Å². The molecular weight excluding hydrogens is 426 g/mol. The van der Waals surface area contributed by atoms with Gasteiger partial charge in [0, 0.05) is 19.6 Å². The number of amides is 1. The summed E-state index contributed by atoms with van der Waals surface area (Å²) < 4.78 is 16.9. The van der Waals surface area contributed by atoms with Crippen LogP contribution in [0.25, 0.3) is 0 Å². The molecule has 0 spiro atoms. The third kappa shape index (κ3) is 5.60. The molecule has 178 valence electrons. The molecule has 1 atom stereocenters. The molecule has 1 aliphatic heterocycles. The van der Waals surface area contributed by atoms with E-state index in [-0.39, 0.29) is 11.9 Å². The average Bonchev–Trinajstić information content (AvgIpc) is 2.90. The van der Waals surface area contributed by atoms with E-state index in [4.69, 9.17) is 14.2 Å². The minimum atomic E-state index is -0.142. The van der Waals surface area contributed by atoms with Gasteiger partial charge in [0.25, 0.3) is 0 Å². The quantitative estimate of drug-likeness (QED) is 0.390. The number of carbonyl (C=O) groups is 1. The molecule has 0 fully saturated rings. The van der Waals surface area contributed by atoms with E-state index in [1.165, 1.54) is 11.1 Å². The first kappa shape index (κ1) is 23.8. The molecule has 1 amide bonds. The Bertz CT molecular complexity index is 1070. The van der Waals surface area contributed by atoms with Gasteiger partial charge in [-0.1, -0.05) is 60.7 Å². The first-order chi connectivity index (χ1) is 16.7. The fraction of sp³-hybridized carbons (Fsp3) is 0.345. The normalized spacial score (nSPS) is 15.0. The van der Waals surface area contributed by atoms with Crippen LogP contribution in [0.1, 0.15) is 41.1 Å². The number of ether oxygens (including phenoxy) is 3. The van der Waals surface area contributed by atoms with Crippen LogP contribution in [0.2, 0.25) is 0 Å². The Hall–Kier alpha value is -3.31. The van der Waals surface area contributed by atoms with E-state index in [0.29, 0.717) is 38.3 Å². The summed E-state index contributed by atoms with van der Waals surface area (Å²) in [7, 11) is 3.30. The Morgan fingerprint density at radius 2 is 1.59 bits per heavy atom. The summed E-state index contributed by atoms with van der Waals surface area (Å²) >= 11 is 0. The maximum Gasteiger partial charge on any atom is 0.223 e. The molecule has 0 radical (unpaired) electrons. The highest BCUT2D eigenvalue weighted by Crippen LogP contribution is 2.41. The molecule has 0 aliphatic carbocycles. The van der Waals surface area contributed by atoms with Crippen molar-refractivity contribution >= 4 is 5.91 Å². The molecule has 0 N–H and O–H groups in total. The fourth-order valence-corrected chi connectivity index (χ4v) is 4.62. The molecule has 4 rings (SSSR count). The number of fused-ring (bicyclic) bond motifs is 1. The van der Waals surface area contributed by atoms with Crippen LogP contribution >= 0.6 is 0 Å². The number of methoxy groups -OCH3 is 2. The predicted octanol–water partition coefficient (Wildman–Crippen LogP) is 5.22. The number of hydrogen-bond acceptors (Lipinski definition) is 4. The second-order valence-corrected chi connectivity index (χ2v) is 8.51. The highest BCUT2D eigenvalue weighted by molar-refractivity contribution is 5.78. The Morgan fingerprint density at radius 3 is 2.29 bits per heavy atom. The lowest BCUT2D eigenvalue weighted by Crippen LogP contribution is -2.40. The molecule has 1 unspecified atom stereocenters. The molecule has 3 aromatic rings. The monoisotopic (exact) mass is 459 g/mol. The van der Waals surface area contributed by atoms with Gasteiger partial charge in [-0.15, -0.1) is 0 Å². The Labute approximate surface area is 202 Å². The van der Waals surface area contributed by atoms with E-state index in [9.17, 15) is 4.79 Å². The van der Waals surface area contributed by atoms with Gasteiger partial charge in [0.15, 0.2) is 11.5 Å². The smallest absolute Gasteiger partial charge is 0.223 e. The zero-order valence-electron chi connectivity index (χ0n) is 20.0. The van der Waals surface area contributed by atoms with E-state index in [1.54, 1.807) is 14.2 Å². The van der Waals surface area contributed by atoms with Crippen molar-refractivity contribution in [3.63, 3.8) is 0 Å². The number of hydrogen-bond donors (Lipinski definition) is 0.